The molecule has 2 aromatic carbocycles. The predicted octanol–water partition coefficient (Wildman–Crippen LogP) is 6.47. The minimum absolute atomic E-state index is 0.00960. The molecule has 1 fully saturated rings. The Labute approximate surface area is 224 Å². The number of benzene rings is 2. The zero-order valence-electron chi connectivity index (χ0n) is 20.0. The van der Waals surface area contributed by atoms with Crippen LogP contribution < -0.4 is 15.5 Å². The highest BCUT2D eigenvalue weighted by Gasteiger charge is 2.42. The van der Waals surface area contributed by atoms with E-state index in [9.17, 15) is 4.79 Å². The number of aryl methyl sites for hydroxylation is 1. The average Bonchev–Trinajstić information content (AvgIpc) is 3.50. The molecule has 182 valence electrons. The first-order valence-corrected chi connectivity index (χ1v) is 13.0. The molecule has 1 aliphatic heterocycles. The lowest BCUT2D eigenvalue weighted by atomic mass is 10.00. The molecule has 5 rings (SSSR count). The summed E-state index contributed by atoms with van der Waals surface area (Å²) in [6.45, 7) is 3.84. The molecule has 1 saturated heterocycles. The highest BCUT2D eigenvalue weighted by molar-refractivity contribution is 9.10. The Kier molecular flexibility index (Phi) is 6.89. The number of carbonyl (C=O) groups excluding carboxylic acids is 1. The molecule has 2 unspecified atom stereocenters. The summed E-state index contributed by atoms with van der Waals surface area (Å²) < 4.78 is 3.22. The van der Waals surface area contributed by atoms with Gasteiger partial charge in [0.1, 0.15) is 6.04 Å². The van der Waals surface area contributed by atoms with Crippen LogP contribution in [0.2, 0.25) is 0 Å². The number of halogens is 1. The van der Waals surface area contributed by atoms with Gasteiger partial charge in [-0.3, -0.25) is 9.78 Å². The molecule has 36 heavy (non-hydrogen) atoms. The van der Waals surface area contributed by atoms with Gasteiger partial charge in [0.05, 0.1) is 11.7 Å². The van der Waals surface area contributed by atoms with Crippen molar-refractivity contribution >= 4 is 50.5 Å². The topological polar surface area (TPSA) is 62.2 Å². The molecule has 0 spiro atoms. The highest BCUT2D eigenvalue weighted by atomic mass is 79.9. The summed E-state index contributed by atoms with van der Waals surface area (Å²) in [6.07, 6.45) is 4.31. The van der Waals surface area contributed by atoms with E-state index in [1.54, 1.807) is 0 Å². The van der Waals surface area contributed by atoms with Crippen molar-refractivity contribution in [3.63, 3.8) is 0 Å². The molecule has 2 atom stereocenters. The number of carbonyl (C=O) groups is 1. The Morgan fingerprint density at radius 2 is 1.86 bits per heavy atom. The Bertz CT molecular complexity index is 1400. The molecular weight excluding hydrogens is 534 g/mol. The predicted molar refractivity (Wildman–Crippen MR) is 152 cm³/mol. The summed E-state index contributed by atoms with van der Waals surface area (Å²) in [4.78, 5) is 18.8. The van der Waals surface area contributed by atoms with Crippen molar-refractivity contribution in [3.8, 4) is 5.69 Å². The summed E-state index contributed by atoms with van der Waals surface area (Å²) in [5, 5.41) is 7.13. The maximum atomic E-state index is 12.0. The smallest absolute Gasteiger partial charge is 0.224 e. The number of rotatable bonds is 6. The fourth-order valence-electron chi connectivity index (χ4n) is 4.58. The van der Waals surface area contributed by atoms with Crippen LogP contribution in [0.5, 0.6) is 0 Å². The number of hydrogen-bond acceptors (Lipinski definition) is 3. The summed E-state index contributed by atoms with van der Waals surface area (Å²) in [7, 11) is 0. The lowest BCUT2D eigenvalue weighted by Crippen LogP contribution is -2.30. The zero-order valence-corrected chi connectivity index (χ0v) is 22.4. The lowest BCUT2D eigenvalue weighted by molar-refractivity contribution is -0.115. The van der Waals surface area contributed by atoms with Crippen LogP contribution in [0.3, 0.4) is 0 Å². The number of thiocarbonyl (C=S) groups is 1. The fraction of sp³-hybridized carbons (Fsp3) is 0.179. The van der Waals surface area contributed by atoms with Crippen molar-refractivity contribution in [1.82, 2.24) is 14.9 Å². The summed E-state index contributed by atoms with van der Waals surface area (Å²) in [6, 6.07) is 24.1. The van der Waals surface area contributed by atoms with E-state index in [1.807, 2.05) is 62.5 Å². The second-order valence-corrected chi connectivity index (χ2v) is 9.98. The number of anilines is 2. The summed E-state index contributed by atoms with van der Waals surface area (Å²) >= 11 is 9.43. The van der Waals surface area contributed by atoms with Gasteiger partial charge in [-0.05, 0) is 91.4 Å². The second-order valence-electron chi connectivity index (χ2n) is 8.68. The Morgan fingerprint density at radius 1 is 1.08 bits per heavy atom. The third-order valence-corrected chi connectivity index (χ3v) is 7.21. The van der Waals surface area contributed by atoms with E-state index >= 15 is 0 Å². The normalized spacial score (nSPS) is 17.2. The van der Waals surface area contributed by atoms with E-state index in [0.717, 1.165) is 38.5 Å². The molecule has 3 heterocycles. The van der Waals surface area contributed by atoms with Crippen LogP contribution in [-0.2, 0) is 4.79 Å². The third kappa shape index (κ3) is 4.66. The van der Waals surface area contributed by atoms with E-state index in [0.29, 0.717) is 11.5 Å². The maximum Gasteiger partial charge on any atom is 0.224 e. The molecule has 0 aliphatic carbocycles. The van der Waals surface area contributed by atoms with Crippen LogP contribution in [0.25, 0.3) is 5.69 Å². The van der Waals surface area contributed by atoms with E-state index < -0.39 is 0 Å². The number of aromatic nitrogens is 2. The third-order valence-electron chi connectivity index (χ3n) is 6.37. The lowest BCUT2D eigenvalue weighted by Gasteiger charge is -2.29. The Morgan fingerprint density at radius 3 is 2.56 bits per heavy atom. The average molecular weight is 561 g/mol. The molecule has 0 bridgehead atoms. The first-order valence-electron chi connectivity index (χ1n) is 11.8. The number of nitrogens with zero attached hydrogens (tertiary/aromatic N) is 3. The van der Waals surface area contributed by atoms with Crippen molar-refractivity contribution in [2.45, 2.75) is 32.4 Å². The van der Waals surface area contributed by atoms with Gasteiger partial charge in [-0.1, -0.05) is 28.9 Å². The van der Waals surface area contributed by atoms with Crippen LogP contribution in [0.15, 0.2) is 89.7 Å². The van der Waals surface area contributed by atoms with Crippen molar-refractivity contribution in [2.24, 2.45) is 0 Å². The van der Waals surface area contributed by atoms with Gasteiger partial charge in [0.25, 0.3) is 0 Å². The Balaban J connectivity index is 1.61. The second kappa shape index (κ2) is 10.2. The van der Waals surface area contributed by atoms with E-state index in [4.69, 9.17) is 12.2 Å². The standard InChI is InChI=1S/C28H26BrN5OS/c1-3-25(35)31-22-14-13-21(17-18(22)2)34-27(26(32-28(34)36)23-7-4-5-15-30-23)24-8-6-16-33(24)20-11-9-19(29)10-12-20/h4-17,26-27H,3H2,1-2H3,(H,31,35)(H,32,36). The van der Waals surface area contributed by atoms with Gasteiger partial charge in [-0.25, -0.2) is 0 Å². The molecule has 1 amide bonds. The summed E-state index contributed by atoms with van der Waals surface area (Å²) in [5.41, 5.74) is 5.79. The van der Waals surface area contributed by atoms with Gasteiger partial charge >= 0.3 is 0 Å². The van der Waals surface area contributed by atoms with Crippen LogP contribution >= 0.6 is 28.1 Å². The van der Waals surface area contributed by atoms with E-state index in [2.05, 4.69) is 77.5 Å². The molecular formula is C28H26BrN5OS. The van der Waals surface area contributed by atoms with Crippen molar-refractivity contribution in [1.29, 1.82) is 0 Å². The van der Waals surface area contributed by atoms with Gasteiger partial charge in [-0.2, -0.15) is 0 Å². The molecule has 1 aliphatic rings. The number of pyridine rings is 1. The summed E-state index contributed by atoms with van der Waals surface area (Å²) in [5.74, 6) is -0.00960. The van der Waals surface area contributed by atoms with Crippen molar-refractivity contribution < 1.29 is 4.79 Å². The molecule has 6 nitrogen and oxygen atoms in total. The highest BCUT2D eigenvalue weighted by Crippen LogP contribution is 2.43. The van der Waals surface area contributed by atoms with Crippen LogP contribution in [0, 0.1) is 6.92 Å². The van der Waals surface area contributed by atoms with Crippen LogP contribution in [0.1, 0.15) is 42.4 Å². The number of nitrogens with one attached hydrogen (secondary N) is 2. The van der Waals surface area contributed by atoms with Crippen molar-refractivity contribution in [3.05, 3.63) is 107 Å². The molecule has 8 heteroatoms. The molecule has 0 radical (unpaired) electrons. The van der Waals surface area contributed by atoms with Crippen LogP contribution in [0.4, 0.5) is 11.4 Å². The van der Waals surface area contributed by atoms with Gasteiger partial charge in [0.2, 0.25) is 5.91 Å². The first kappa shape index (κ1) is 24.2. The maximum absolute atomic E-state index is 12.0. The monoisotopic (exact) mass is 559 g/mol. The fourth-order valence-corrected chi connectivity index (χ4v) is 5.19. The molecule has 2 N–H and O–H groups in total. The van der Waals surface area contributed by atoms with Crippen molar-refractivity contribution in [2.75, 3.05) is 10.2 Å². The van der Waals surface area contributed by atoms with Crippen LogP contribution in [-0.4, -0.2) is 20.6 Å². The Hall–Kier alpha value is -3.49. The van der Waals surface area contributed by atoms with Gasteiger partial charge < -0.3 is 20.1 Å². The number of hydrogen-bond donors (Lipinski definition) is 2. The van der Waals surface area contributed by atoms with Gasteiger partial charge in [0, 0.05) is 46.0 Å². The SMILES string of the molecule is CCC(=O)Nc1ccc(N2C(=S)NC(c3ccccn3)C2c2cccn2-c2ccc(Br)cc2)cc1C. The minimum Gasteiger partial charge on any atom is -0.351 e. The van der Waals surface area contributed by atoms with E-state index in [-0.39, 0.29) is 18.0 Å². The quantitative estimate of drug-likeness (QED) is 0.265. The van der Waals surface area contributed by atoms with Gasteiger partial charge in [0.15, 0.2) is 5.11 Å². The first-order chi connectivity index (χ1) is 17.5. The molecule has 4 aromatic rings. The minimum atomic E-state index is -0.151. The van der Waals surface area contributed by atoms with Gasteiger partial charge in [-0.15, -0.1) is 0 Å². The number of amides is 1. The van der Waals surface area contributed by atoms with E-state index in [1.165, 1.54) is 0 Å². The molecule has 0 saturated carbocycles. The molecule has 2 aromatic heterocycles. The zero-order chi connectivity index (χ0) is 25.2. The largest absolute Gasteiger partial charge is 0.351 e.